The monoisotopic (exact) mass is 904 g/mol. The first-order valence-corrected chi connectivity index (χ1v) is 21.9. The molecule has 13 N–H and O–H groups in total. The van der Waals surface area contributed by atoms with Gasteiger partial charge in [-0.25, -0.2) is 4.79 Å². The van der Waals surface area contributed by atoms with Crippen LogP contribution in [-0.2, 0) is 49.6 Å². The van der Waals surface area contributed by atoms with Crippen molar-refractivity contribution in [2.45, 2.75) is 150 Å². The number of primary amides is 1. The van der Waals surface area contributed by atoms with Crippen LogP contribution in [0.2, 0.25) is 0 Å². The second-order valence-corrected chi connectivity index (χ2v) is 17.5. The van der Waals surface area contributed by atoms with Gasteiger partial charge in [-0.05, 0) is 41.6 Å². The number of aliphatic hydroxyl groups excluding tert-OH is 1. The van der Waals surface area contributed by atoms with Crippen LogP contribution in [0, 0.1) is 29.6 Å². The molecule has 1 aromatic carbocycles. The molecule has 0 bridgehead atoms. The average molecular weight is 904 g/mol. The van der Waals surface area contributed by atoms with E-state index < -0.39 is 138 Å². The highest BCUT2D eigenvalue weighted by Crippen LogP contribution is 2.15. The number of rotatable bonds is 28. The molecule has 0 aromatic heterocycles. The summed E-state index contributed by atoms with van der Waals surface area (Å²) in [5, 5.41) is 37.1. The summed E-state index contributed by atoms with van der Waals surface area (Å²) in [5.74, 6) is -9.94. The first-order chi connectivity index (χ1) is 29.9. The van der Waals surface area contributed by atoms with Crippen molar-refractivity contribution < 1.29 is 53.4 Å². The fourth-order valence-corrected chi connectivity index (χ4v) is 6.51. The summed E-state index contributed by atoms with van der Waals surface area (Å²) in [7, 11) is 0. The highest BCUT2D eigenvalue weighted by atomic mass is 16.4. The smallest absolute Gasteiger partial charge is 0.326 e. The van der Waals surface area contributed by atoms with Crippen molar-refractivity contribution in [1.82, 2.24) is 37.2 Å². The van der Waals surface area contributed by atoms with Gasteiger partial charge in [0.25, 0.3) is 0 Å². The van der Waals surface area contributed by atoms with E-state index in [1.165, 1.54) is 0 Å². The molecule has 10 atom stereocenters. The SMILES string of the molecule is CC[C@H](C)[C@H](NC(=O)[C@@H](NC(=O)[C@@H](N)CO)[C@@H](C)CC)C(=O)N[C@H](C(=O)N[C@@H](Cc1ccccc1)C(=O)N[C@@H](CC(N)=O)C(=O)N[C@@H](CC(C)C)C(=O)N[C@H](C(=O)O)C(C)C)C(C)C. The van der Waals surface area contributed by atoms with Crippen LogP contribution in [0.25, 0.3) is 0 Å². The number of nitrogens with one attached hydrogen (secondary N) is 7. The third-order valence-electron chi connectivity index (χ3n) is 10.9. The van der Waals surface area contributed by atoms with Crippen LogP contribution in [-0.4, -0.2) is 118 Å². The van der Waals surface area contributed by atoms with Crippen LogP contribution in [0.1, 0.15) is 100 Å². The lowest BCUT2D eigenvalue weighted by atomic mass is 9.94. The maximum Gasteiger partial charge on any atom is 0.326 e. The van der Waals surface area contributed by atoms with Gasteiger partial charge in [0.15, 0.2) is 0 Å². The van der Waals surface area contributed by atoms with E-state index in [0.29, 0.717) is 18.4 Å². The van der Waals surface area contributed by atoms with Gasteiger partial charge in [-0.15, -0.1) is 0 Å². The van der Waals surface area contributed by atoms with Crippen molar-refractivity contribution in [1.29, 1.82) is 0 Å². The van der Waals surface area contributed by atoms with Gasteiger partial charge in [0.05, 0.1) is 13.0 Å². The zero-order chi connectivity index (χ0) is 49.0. The van der Waals surface area contributed by atoms with Gasteiger partial charge in [-0.3, -0.25) is 38.4 Å². The summed E-state index contributed by atoms with van der Waals surface area (Å²) >= 11 is 0. The predicted molar refractivity (Wildman–Crippen MR) is 238 cm³/mol. The number of hydrogen-bond acceptors (Lipinski definition) is 11. The minimum absolute atomic E-state index is 0.0736. The molecule has 0 heterocycles. The summed E-state index contributed by atoms with van der Waals surface area (Å²) in [5.41, 5.74) is 11.8. The Labute approximate surface area is 376 Å². The minimum Gasteiger partial charge on any atom is -0.480 e. The van der Waals surface area contributed by atoms with Gasteiger partial charge < -0.3 is 58.9 Å². The van der Waals surface area contributed by atoms with Crippen molar-refractivity contribution >= 4 is 53.2 Å². The first-order valence-electron chi connectivity index (χ1n) is 21.9. The maximum atomic E-state index is 14.2. The van der Waals surface area contributed by atoms with Gasteiger partial charge in [-0.2, -0.15) is 0 Å². The van der Waals surface area contributed by atoms with E-state index in [9.17, 15) is 53.4 Å². The van der Waals surface area contributed by atoms with Crippen molar-refractivity contribution in [3.63, 3.8) is 0 Å². The van der Waals surface area contributed by atoms with Crippen molar-refractivity contribution in [2.75, 3.05) is 6.61 Å². The van der Waals surface area contributed by atoms with Crippen LogP contribution in [0.15, 0.2) is 30.3 Å². The number of aliphatic hydroxyl groups is 1. The molecule has 0 saturated carbocycles. The van der Waals surface area contributed by atoms with Gasteiger partial charge in [0.2, 0.25) is 47.3 Å². The molecule has 0 spiro atoms. The summed E-state index contributed by atoms with van der Waals surface area (Å²) in [6, 6.07) is -1.82. The van der Waals surface area contributed by atoms with Gasteiger partial charge >= 0.3 is 5.97 Å². The van der Waals surface area contributed by atoms with Crippen LogP contribution in [0.5, 0.6) is 0 Å². The van der Waals surface area contributed by atoms with Crippen molar-refractivity contribution in [3.05, 3.63) is 35.9 Å². The molecule has 360 valence electrons. The van der Waals surface area contributed by atoms with Gasteiger partial charge in [-0.1, -0.05) is 112 Å². The number of carboxylic acids is 1. The van der Waals surface area contributed by atoms with E-state index in [2.05, 4.69) is 37.2 Å². The second kappa shape index (κ2) is 27.5. The van der Waals surface area contributed by atoms with E-state index in [-0.39, 0.29) is 18.8 Å². The Balaban J connectivity index is 3.51. The fourth-order valence-electron chi connectivity index (χ4n) is 6.51. The molecule has 0 aliphatic rings. The van der Waals surface area contributed by atoms with E-state index >= 15 is 0 Å². The number of nitrogens with two attached hydrogens (primary N) is 2. The van der Waals surface area contributed by atoms with E-state index in [1.54, 1.807) is 92.6 Å². The Hall–Kier alpha value is -5.63. The number of carbonyl (C=O) groups is 9. The predicted octanol–water partition coefficient (Wildman–Crippen LogP) is -0.647. The molecule has 1 aromatic rings. The Morgan fingerprint density at radius 3 is 1.39 bits per heavy atom. The Morgan fingerprint density at radius 1 is 0.547 bits per heavy atom. The number of aliphatic carboxylic acids is 1. The number of benzene rings is 1. The summed E-state index contributed by atoms with van der Waals surface area (Å²) in [4.78, 5) is 120. The van der Waals surface area contributed by atoms with E-state index in [4.69, 9.17) is 11.5 Å². The molecule has 0 aliphatic heterocycles. The van der Waals surface area contributed by atoms with Crippen LogP contribution < -0.4 is 48.7 Å². The number of carbonyl (C=O) groups excluding carboxylic acids is 8. The van der Waals surface area contributed by atoms with E-state index in [0.717, 1.165) is 0 Å². The molecule has 20 heteroatoms. The molecule has 0 unspecified atom stereocenters. The Kier molecular flexibility index (Phi) is 24.3. The normalized spacial score (nSPS) is 16.0. The Bertz CT molecular complexity index is 1740. The minimum atomic E-state index is -1.63. The summed E-state index contributed by atoms with van der Waals surface area (Å²) in [6.45, 7) is 16.5. The molecule has 20 nitrogen and oxygen atoms in total. The topological polar surface area (TPSA) is 330 Å². The number of carboxylic acid groups (broad SMARTS) is 1. The molecule has 0 fully saturated rings. The van der Waals surface area contributed by atoms with Crippen LogP contribution in [0.4, 0.5) is 0 Å². The molecule has 8 amide bonds. The lowest BCUT2D eigenvalue weighted by Gasteiger charge is -2.31. The standard InChI is InChI=1S/C44H73N9O11/c1-11-25(9)35(52-37(56)28(45)21-54)43(62)53-36(26(10)12-2)42(61)50-33(23(5)6)41(60)49-30(19-27-16-14-13-15-17-27)38(57)48-31(20-32(46)55)39(58)47-29(18-22(3)4)40(59)51-34(24(7)8)44(63)64/h13-17,22-26,28-31,33-36,54H,11-12,18-21,45H2,1-10H3,(H2,46,55)(H,47,58)(H,48,57)(H,49,60)(H,50,61)(H,51,59)(H,52,56)(H,53,62)(H,63,64)/t25-,26-,28-,29-,30-,31-,33-,34-,35-,36-/m0/s1. The number of amides is 8. The first kappa shape index (κ1) is 56.4. The summed E-state index contributed by atoms with van der Waals surface area (Å²) in [6.07, 6.45) is 0.157. The molecule has 64 heavy (non-hydrogen) atoms. The lowest BCUT2D eigenvalue weighted by Crippen LogP contribution is -2.62. The lowest BCUT2D eigenvalue weighted by molar-refractivity contribution is -0.143. The summed E-state index contributed by atoms with van der Waals surface area (Å²) < 4.78 is 0. The van der Waals surface area contributed by atoms with E-state index in [1.807, 2.05) is 6.92 Å². The zero-order valence-electron chi connectivity index (χ0n) is 38.9. The van der Waals surface area contributed by atoms with Gasteiger partial charge in [0.1, 0.15) is 48.3 Å². The highest BCUT2D eigenvalue weighted by molar-refractivity contribution is 5.99. The Morgan fingerprint density at radius 2 is 0.953 bits per heavy atom. The maximum absolute atomic E-state index is 14.2. The quantitative estimate of drug-likeness (QED) is 0.0500. The van der Waals surface area contributed by atoms with Crippen LogP contribution in [0.3, 0.4) is 0 Å². The molecule has 0 aliphatic carbocycles. The van der Waals surface area contributed by atoms with Crippen LogP contribution >= 0.6 is 0 Å². The third kappa shape index (κ3) is 18.6. The van der Waals surface area contributed by atoms with Crippen molar-refractivity contribution in [2.24, 2.45) is 41.1 Å². The fraction of sp³-hybridized carbons (Fsp3) is 0.659. The number of hydrogen-bond donors (Lipinski definition) is 11. The largest absolute Gasteiger partial charge is 0.480 e. The van der Waals surface area contributed by atoms with Crippen molar-refractivity contribution in [3.8, 4) is 0 Å². The molecular formula is C44H73N9O11. The highest BCUT2D eigenvalue weighted by Gasteiger charge is 2.37. The molecule has 0 saturated heterocycles. The molecule has 0 radical (unpaired) electrons. The average Bonchev–Trinajstić information content (AvgIpc) is 3.23. The third-order valence-corrected chi connectivity index (χ3v) is 10.9. The zero-order valence-corrected chi connectivity index (χ0v) is 38.9. The van der Waals surface area contributed by atoms with Gasteiger partial charge in [0, 0.05) is 6.42 Å². The molecular weight excluding hydrogens is 831 g/mol. The second-order valence-electron chi connectivity index (χ2n) is 17.5. The molecule has 1 rings (SSSR count).